The molecule has 66 heavy (non-hydrogen) atoms. The molecule has 2 nitrogen and oxygen atoms in total. The fourth-order valence-corrected chi connectivity index (χ4v) is 9.61. The number of para-hydroxylation sites is 2. The Kier molecular flexibility index (Phi) is 9.89. The Morgan fingerprint density at radius 3 is 1.39 bits per heavy atom. The van der Waals surface area contributed by atoms with E-state index in [9.17, 15) is 0 Å². The molecule has 0 aliphatic carbocycles. The number of furan rings is 1. The molecule has 0 radical (unpaired) electrons. The smallest absolute Gasteiger partial charge is 0.143 e. The number of hydrogen-bond donors (Lipinski definition) is 0. The zero-order valence-electron chi connectivity index (χ0n) is 36.2. The van der Waals surface area contributed by atoms with Crippen molar-refractivity contribution in [2.75, 3.05) is 4.90 Å². The zero-order chi connectivity index (χ0) is 43.8. The van der Waals surface area contributed by atoms with E-state index in [1.807, 2.05) is 12.1 Å². The Morgan fingerprint density at radius 2 is 0.697 bits per heavy atom. The van der Waals surface area contributed by atoms with Crippen molar-refractivity contribution in [2.45, 2.75) is 0 Å². The molecule has 0 aliphatic rings. The summed E-state index contributed by atoms with van der Waals surface area (Å²) >= 11 is 0. The molecule has 0 atom stereocenters. The molecular weight excluding hydrogens is 799 g/mol. The standard InChI is InChI=1S/C64H43NO/c1-3-14-44(15-4-1)46-28-35-53(36-29-46)65(54-37-30-48(31-38-54)57-24-12-19-47-18-7-8-22-56(47)57)55-39-32-49(33-40-55)58-41-34-50(45-16-5-2-6-17-45)43-62(58)52-21-11-20-51(42-52)59-25-13-26-61-60-23-9-10-27-63(60)66-64(59)61/h1-43H. The van der Waals surface area contributed by atoms with Gasteiger partial charge in [-0.25, -0.2) is 0 Å². The molecule has 2 heteroatoms. The largest absolute Gasteiger partial charge is 0.455 e. The van der Waals surface area contributed by atoms with Gasteiger partial charge in [-0.15, -0.1) is 0 Å². The minimum absolute atomic E-state index is 0.901. The number of hydrogen-bond acceptors (Lipinski definition) is 2. The molecular formula is C64H43NO. The number of nitrogens with zero attached hydrogens (tertiary/aromatic N) is 1. The van der Waals surface area contributed by atoms with Gasteiger partial charge >= 0.3 is 0 Å². The van der Waals surface area contributed by atoms with Crippen molar-refractivity contribution in [2.24, 2.45) is 0 Å². The monoisotopic (exact) mass is 841 g/mol. The Balaban J connectivity index is 0.951. The lowest BCUT2D eigenvalue weighted by molar-refractivity contribution is 0.670. The lowest BCUT2D eigenvalue weighted by Crippen LogP contribution is -2.09. The van der Waals surface area contributed by atoms with Gasteiger partial charge in [-0.2, -0.15) is 0 Å². The predicted octanol–water partition coefficient (Wildman–Crippen LogP) is 18.2. The molecule has 0 unspecified atom stereocenters. The van der Waals surface area contributed by atoms with Gasteiger partial charge in [0.15, 0.2) is 0 Å². The summed E-state index contributed by atoms with van der Waals surface area (Å²) in [7, 11) is 0. The van der Waals surface area contributed by atoms with Crippen LogP contribution >= 0.6 is 0 Å². The highest BCUT2D eigenvalue weighted by atomic mass is 16.3. The van der Waals surface area contributed by atoms with Crippen LogP contribution in [0.1, 0.15) is 0 Å². The first kappa shape index (κ1) is 38.9. The van der Waals surface area contributed by atoms with Crippen molar-refractivity contribution in [3.05, 3.63) is 261 Å². The van der Waals surface area contributed by atoms with Gasteiger partial charge in [0.2, 0.25) is 0 Å². The van der Waals surface area contributed by atoms with Gasteiger partial charge in [-0.1, -0.05) is 206 Å². The first-order chi connectivity index (χ1) is 32.7. The molecule has 0 amide bonds. The number of fused-ring (bicyclic) bond motifs is 4. The van der Waals surface area contributed by atoms with Crippen molar-refractivity contribution < 1.29 is 4.42 Å². The number of rotatable bonds is 9. The summed E-state index contributed by atoms with van der Waals surface area (Å²) in [4.78, 5) is 2.35. The molecule has 11 aromatic carbocycles. The Bertz CT molecular complexity index is 3660. The van der Waals surface area contributed by atoms with E-state index in [4.69, 9.17) is 4.42 Å². The van der Waals surface area contributed by atoms with Gasteiger partial charge < -0.3 is 9.32 Å². The average molecular weight is 842 g/mol. The number of anilines is 3. The van der Waals surface area contributed by atoms with Gasteiger partial charge in [-0.05, 0) is 127 Å². The van der Waals surface area contributed by atoms with E-state index >= 15 is 0 Å². The number of benzene rings is 11. The molecule has 0 spiro atoms. The van der Waals surface area contributed by atoms with Crippen LogP contribution in [0, 0.1) is 0 Å². The molecule has 1 heterocycles. The van der Waals surface area contributed by atoms with Crippen LogP contribution in [0.25, 0.3) is 99.5 Å². The maximum absolute atomic E-state index is 6.51. The third kappa shape index (κ3) is 7.21. The third-order valence-electron chi connectivity index (χ3n) is 12.9. The summed E-state index contributed by atoms with van der Waals surface area (Å²) in [6, 6.07) is 93.8. The SMILES string of the molecule is c1ccc(-c2ccc(N(c3ccc(-c4ccc(-c5ccccc5)cc4-c4cccc(-c5cccc6c5oc5ccccc56)c4)cc3)c3ccc(-c4cccc5ccccc45)cc3)cc2)cc1. The van der Waals surface area contributed by atoms with Gasteiger partial charge in [0, 0.05) is 33.4 Å². The summed E-state index contributed by atoms with van der Waals surface area (Å²) in [5.41, 5.74) is 19.0. The fourth-order valence-electron chi connectivity index (χ4n) is 9.61. The van der Waals surface area contributed by atoms with E-state index < -0.39 is 0 Å². The minimum Gasteiger partial charge on any atom is -0.455 e. The molecule has 12 aromatic rings. The second-order valence-electron chi connectivity index (χ2n) is 16.9. The Labute approximate surface area is 384 Å². The topological polar surface area (TPSA) is 16.4 Å². The zero-order valence-corrected chi connectivity index (χ0v) is 36.2. The molecule has 310 valence electrons. The van der Waals surface area contributed by atoms with Crippen molar-refractivity contribution >= 4 is 49.8 Å². The van der Waals surface area contributed by atoms with Crippen molar-refractivity contribution in [3.63, 3.8) is 0 Å². The highest BCUT2D eigenvalue weighted by molar-refractivity contribution is 6.09. The van der Waals surface area contributed by atoms with Crippen molar-refractivity contribution in [1.29, 1.82) is 0 Å². The van der Waals surface area contributed by atoms with Crippen LogP contribution in [0.15, 0.2) is 265 Å². The van der Waals surface area contributed by atoms with Crippen molar-refractivity contribution in [1.82, 2.24) is 0 Å². The molecule has 0 fully saturated rings. The maximum atomic E-state index is 6.51. The second-order valence-corrected chi connectivity index (χ2v) is 16.9. The average Bonchev–Trinajstić information content (AvgIpc) is 3.79. The van der Waals surface area contributed by atoms with E-state index in [2.05, 4.69) is 254 Å². The summed E-state index contributed by atoms with van der Waals surface area (Å²) < 4.78 is 6.51. The van der Waals surface area contributed by atoms with E-state index in [1.54, 1.807) is 0 Å². The van der Waals surface area contributed by atoms with Gasteiger partial charge in [0.05, 0.1) is 0 Å². The lowest BCUT2D eigenvalue weighted by atomic mass is 9.89. The van der Waals surface area contributed by atoms with Gasteiger partial charge in [0.1, 0.15) is 11.2 Å². The lowest BCUT2D eigenvalue weighted by Gasteiger charge is -2.26. The summed E-state index contributed by atoms with van der Waals surface area (Å²) in [5.74, 6) is 0. The van der Waals surface area contributed by atoms with Crippen LogP contribution < -0.4 is 4.90 Å². The summed E-state index contributed by atoms with van der Waals surface area (Å²) in [5, 5.41) is 4.75. The van der Waals surface area contributed by atoms with Crippen LogP contribution in [-0.2, 0) is 0 Å². The Morgan fingerprint density at radius 1 is 0.242 bits per heavy atom. The minimum atomic E-state index is 0.901. The van der Waals surface area contributed by atoms with Crippen LogP contribution in [0.3, 0.4) is 0 Å². The fraction of sp³-hybridized carbons (Fsp3) is 0. The van der Waals surface area contributed by atoms with Gasteiger partial charge in [0.25, 0.3) is 0 Å². The van der Waals surface area contributed by atoms with E-state index in [0.717, 1.165) is 61.3 Å². The first-order valence-electron chi connectivity index (χ1n) is 22.6. The van der Waals surface area contributed by atoms with Crippen LogP contribution in [0.5, 0.6) is 0 Å². The normalized spacial score (nSPS) is 11.3. The Hall–Kier alpha value is -8.72. The van der Waals surface area contributed by atoms with Crippen LogP contribution in [-0.4, -0.2) is 0 Å². The summed E-state index contributed by atoms with van der Waals surface area (Å²) in [6.45, 7) is 0. The maximum Gasteiger partial charge on any atom is 0.143 e. The predicted molar refractivity (Wildman–Crippen MR) is 279 cm³/mol. The first-order valence-corrected chi connectivity index (χ1v) is 22.6. The molecule has 0 N–H and O–H groups in total. The highest BCUT2D eigenvalue weighted by Gasteiger charge is 2.18. The van der Waals surface area contributed by atoms with Crippen LogP contribution in [0.2, 0.25) is 0 Å². The molecule has 0 bridgehead atoms. The van der Waals surface area contributed by atoms with E-state index in [-0.39, 0.29) is 0 Å². The van der Waals surface area contributed by atoms with E-state index in [0.29, 0.717) is 0 Å². The van der Waals surface area contributed by atoms with Crippen molar-refractivity contribution in [3.8, 4) is 66.8 Å². The molecule has 0 saturated carbocycles. The second kappa shape index (κ2) is 16.8. The summed E-state index contributed by atoms with van der Waals surface area (Å²) in [6.07, 6.45) is 0. The molecule has 1 aromatic heterocycles. The highest BCUT2D eigenvalue weighted by Crippen LogP contribution is 2.43. The molecule has 0 saturated heterocycles. The quantitative estimate of drug-likeness (QED) is 0.144. The molecule has 0 aliphatic heterocycles. The molecule has 12 rings (SSSR count). The third-order valence-corrected chi connectivity index (χ3v) is 12.9. The van der Waals surface area contributed by atoms with Crippen LogP contribution in [0.4, 0.5) is 17.1 Å². The van der Waals surface area contributed by atoms with E-state index in [1.165, 1.54) is 55.3 Å². The van der Waals surface area contributed by atoms with Gasteiger partial charge in [-0.3, -0.25) is 0 Å².